The Hall–Kier alpha value is -4.31. The fourth-order valence-electron chi connectivity index (χ4n) is 5.49. The molecule has 2 N–H and O–H groups in total. The first-order valence-corrected chi connectivity index (χ1v) is 15.2. The van der Waals surface area contributed by atoms with Crippen molar-refractivity contribution in [1.82, 2.24) is 4.98 Å². The molecule has 0 fully saturated rings. The maximum absolute atomic E-state index is 13.6. The Morgan fingerprint density at radius 1 is 1.12 bits per heavy atom. The number of thiazole rings is 1. The van der Waals surface area contributed by atoms with Gasteiger partial charge in [0, 0.05) is 41.9 Å². The van der Waals surface area contributed by atoms with Gasteiger partial charge in [0.2, 0.25) is 6.29 Å². The number of hydrogen-bond donors (Lipinski definition) is 2. The molecule has 5 aromatic rings. The van der Waals surface area contributed by atoms with Gasteiger partial charge in [0.15, 0.2) is 11.2 Å². The van der Waals surface area contributed by atoms with Crippen LogP contribution >= 0.6 is 11.3 Å². The topological polar surface area (TPSA) is 111 Å². The van der Waals surface area contributed by atoms with Crippen LogP contribution in [0.2, 0.25) is 0 Å². The first kappa shape index (κ1) is 28.8. The predicted molar refractivity (Wildman–Crippen MR) is 168 cm³/mol. The number of carbonyl (C=O) groups is 1. The van der Waals surface area contributed by atoms with Crippen molar-refractivity contribution in [3.63, 3.8) is 0 Å². The highest BCUT2D eigenvalue weighted by Gasteiger charge is 2.39. The van der Waals surface area contributed by atoms with Gasteiger partial charge in [-0.3, -0.25) is 9.59 Å². The van der Waals surface area contributed by atoms with Crippen molar-refractivity contribution in [3.8, 4) is 10.6 Å². The van der Waals surface area contributed by atoms with Gasteiger partial charge in [-0.1, -0.05) is 18.2 Å². The smallest absolute Gasteiger partial charge is 0.290 e. The van der Waals surface area contributed by atoms with Crippen molar-refractivity contribution >= 4 is 44.1 Å². The number of amides is 1. The molecular formula is C34H32N2O6S. The first-order valence-electron chi connectivity index (χ1n) is 14.4. The second-order valence-electron chi connectivity index (χ2n) is 10.6. The summed E-state index contributed by atoms with van der Waals surface area (Å²) in [4.78, 5) is 31.8. The van der Waals surface area contributed by atoms with Crippen molar-refractivity contribution in [2.45, 2.75) is 38.9 Å². The van der Waals surface area contributed by atoms with Crippen LogP contribution in [0.4, 0.5) is 5.69 Å². The van der Waals surface area contributed by atoms with E-state index in [-0.39, 0.29) is 23.7 Å². The van der Waals surface area contributed by atoms with Gasteiger partial charge >= 0.3 is 0 Å². The summed E-state index contributed by atoms with van der Waals surface area (Å²) in [5.41, 5.74) is 4.42. The quantitative estimate of drug-likeness (QED) is 0.193. The number of nitrogens with zero attached hydrogens (tertiary/aromatic N) is 1. The van der Waals surface area contributed by atoms with E-state index < -0.39 is 18.1 Å². The lowest BCUT2D eigenvalue weighted by Crippen LogP contribution is -2.38. The predicted octanol–water partition coefficient (Wildman–Crippen LogP) is 6.77. The Balaban J connectivity index is 1.29. The molecule has 43 heavy (non-hydrogen) atoms. The monoisotopic (exact) mass is 596 g/mol. The number of anilines is 1. The third-order valence-electron chi connectivity index (χ3n) is 7.63. The first-order chi connectivity index (χ1) is 20.9. The summed E-state index contributed by atoms with van der Waals surface area (Å²) in [6.45, 7) is 4.24. The Kier molecular flexibility index (Phi) is 8.38. The van der Waals surface area contributed by atoms with E-state index in [1.807, 2.05) is 43.3 Å². The zero-order valence-electron chi connectivity index (χ0n) is 23.9. The minimum absolute atomic E-state index is 0.0158. The molecule has 3 heterocycles. The lowest BCUT2D eigenvalue weighted by Gasteiger charge is -2.36. The maximum Gasteiger partial charge on any atom is 0.290 e. The van der Waals surface area contributed by atoms with Crippen LogP contribution in [0.1, 0.15) is 36.8 Å². The summed E-state index contributed by atoms with van der Waals surface area (Å²) < 4.78 is 19.0. The van der Waals surface area contributed by atoms with E-state index in [1.54, 1.807) is 35.6 Å². The number of allylic oxidation sites excluding steroid dienone is 1. The lowest BCUT2D eigenvalue weighted by atomic mass is 9.81. The van der Waals surface area contributed by atoms with Crippen LogP contribution in [0.3, 0.4) is 0 Å². The number of aliphatic hydroxyl groups excluding tert-OH is 1. The Bertz CT molecular complexity index is 1860. The lowest BCUT2D eigenvalue weighted by molar-refractivity contribution is -0.165. The standard InChI is InChI=1S/C34H32N2O6S/c1-3-40-34-23(8-6-16-37)25(26-19-41-28-9-5-4-7-24(28)31(26)38)18-29(42-34)32(39)35-22-13-11-21(12-14-22)33-36-27-15-10-20(2)17-30(27)43-33/h4-5,7,9-15,17-19,23,25,34,37H,3,6,8,16H2,1-2H3,(H,35,39)/t23-,25+,34-/m0/s1. The Morgan fingerprint density at radius 2 is 1.93 bits per heavy atom. The van der Waals surface area contributed by atoms with Crippen molar-refractivity contribution in [3.05, 3.63) is 106 Å². The molecule has 0 saturated carbocycles. The number of aliphatic hydroxyl groups is 1. The highest BCUT2D eigenvalue weighted by Crippen LogP contribution is 2.39. The molecule has 2 aromatic heterocycles. The average Bonchev–Trinajstić information content (AvgIpc) is 3.44. The SMILES string of the molecule is CCO[C@H]1OC(C(=O)Nc2ccc(-c3nc4ccc(C)cc4s3)cc2)=C[C@@H](c2coc3ccccc3c2=O)[C@@H]1CCCO. The van der Waals surface area contributed by atoms with Gasteiger partial charge in [-0.2, -0.15) is 0 Å². The summed E-state index contributed by atoms with van der Waals surface area (Å²) >= 11 is 1.63. The summed E-state index contributed by atoms with van der Waals surface area (Å²) in [6.07, 6.45) is 3.36. The number of aryl methyl sites for hydroxylation is 1. The minimum Gasteiger partial charge on any atom is -0.464 e. The van der Waals surface area contributed by atoms with Crippen LogP contribution in [0.15, 0.2) is 94.0 Å². The number of rotatable bonds is 9. The summed E-state index contributed by atoms with van der Waals surface area (Å²) in [5.74, 6) is -1.24. The van der Waals surface area contributed by atoms with E-state index in [4.69, 9.17) is 18.9 Å². The normalized spacial score (nSPS) is 18.4. The molecule has 3 aromatic carbocycles. The van der Waals surface area contributed by atoms with Gasteiger partial charge in [0.25, 0.3) is 5.91 Å². The molecule has 1 amide bonds. The number of nitrogens with one attached hydrogen (secondary N) is 1. The van der Waals surface area contributed by atoms with Crippen LogP contribution in [-0.2, 0) is 14.3 Å². The van der Waals surface area contributed by atoms with Crippen LogP contribution in [0, 0.1) is 12.8 Å². The van der Waals surface area contributed by atoms with E-state index >= 15 is 0 Å². The van der Waals surface area contributed by atoms with Crippen molar-refractivity contribution in [1.29, 1.82) is 0 Å². The van der Waals surface area contributed by atoms with E-state index in [1.165, 1.54) is 11.8 Å². The number of fused-ring (bicyclic) bond motifs is 2. The second kappa shape index (κ2) is 12.5. The number of benzene rings is 3. The zero-order chi connectivity index (χ0) is 29.9. The summed E-state index contributed by atoms with van der Waals surface area (Å²) in [5, 5.41) is 13.8. The molecule has 0 radical (unpaired) electrons. The van der Waals surface area contributed by atoms with Crippen LogP contribution in [0.5, 0.6) is 0 Å². The molecule has 8 nitrogen and oxygen atoms in total. The Morgan fingerprint density at radius 3 is 2.72 bits per heavy atom. The minimum atomic E-state index is -0.789. The fraction of sp³-hybridized carbons (Fsp3) is 0.265. The van der Waals surface area contributed by atoms with Gasteiger partial charge in [-0.05, 0) is 86.9 Å². The molecule has 220 valence electrons. The number of para-hydroxylation sites is 1. The van der Waals surface area contributed by atoms with Gasteiger partial charge in [0.05, 0.1) is 21.9 Å². The summed E-state index contributed by atoms with van der Waals surface area (Å²) in [7, 11) is 0. The van der Waals surface area contributed by atoms with E-state index in [2.05, 4.69) is 24.4 Å². The highest BCUT2D eigenvalue weighted by atomic mass is 32.1. The molecule has 3 atom stereocenters. The van der Waals surface area contributed by atoms with Crippen LogP contribution in [0.25, 0.3) is 31.8 Å². The number of ether oxygens (including phenoxy) is 2. The van der Waals surface area contributed by atoms with Gasteiger partial charge in [0.1, 0.15) is 10.6 Å². The van der Waals surface area contributed by atoms with E-state index in [0.29, 0.717) is 41.7 Å². The van der Waals surface area contributed by atoms with Crippen molar-refractivity contribution < 1.29 is 23.8 Å². The molecule has 0 saturated heterocycles. The highest BCUT2D eigenvalue weighted by molar-refractivity contribution is 7.21. The number of hydrogen-bond acceptors (Lipinski definition) is 8. The molecule has 0 spiro atoms. The molecular weight excluding hydrogens is 564 g/mol. The third-order valence-corrected chi connectivity index (χ3v) is 8.70. The third kappa shape index (κ3) is 5.97. The van der Waals surface area contributed by atoms with Crippen molar-refractivity contribution in [2.24, 2.45) is 5.92 Å². The second-order valence-corrected chi connectivity index (χ2v) is 11.6. The average molecular weight is 597 g/mol. The van der Waals surface area contributed by atoms with Crippen LogP contribution < -0.4 is 10.7 Å². The number of aromatic nitrogens is 1. The molecule has 6 rings (SSSR count). The van der Waals surface area contributed by atoms with Gasteiger partial charge < -0.3 is 24.3 Å². The fourth-order valence-corrected chi connectivity index (χ4v) is 6.56. The molecule has 1 aliphatic rings. The van der Waals surface area contributed by atoms with Crippen LogP contribution in [-0.4, -0.2) is 35.5 Å². The summed E-state index contributed by atoms with van der Waals surface area (Å²) in [6, 6.07) is 20.8. The largest absolute Gasteiger partial charge is 0.464 e. The van der Waals surface area contributed by atoms with Gasteiger partial charge in [-0.15, -0.1) is 11.3 Å². The maximum atomic E-state index is 13.6. The number of carbonyl (C=O) groups excluding carboxylic acids is 1. The molecule has 9 heteroatoms. The molecule has 0 bridgehead atoms. The molecule has 0 unspecified atom stereocenters. The van der Waals surface area contributed by atoms with Crippen molar-refractivity contribution in [2.75, 3.05) is 18.5 Å². The Labute approximate surface area is 252 Å². The molecule has 0 aliphatic carbocycles. The van der Waals surface area contributed by atoms with Gasteiger partial charge in [-0.25, -0.2) is 4.98 Å². The van der Waals surface area contributed by atoms with E-state index in [0.717, 1.165) is 20.8 Å². The van der Waals surface area contributed by atoms with E-state index in [9.17, 15) is 14.7 Å². The molecule has 1 aliphatic heterocycles. The zero-order valence-corrected chi connectivity index (χ0v) is 24.7.